The molecule has 120 valence electrons. The van der Waals surface area contributed by atoms with E-state index in [-0.39, 0.29) is 12.1 Å². The molecule has 0 aromatic carbocycles. The molecule has 1 aliphatic heterocycles. The summed E-state index contributed by atoms with van der Waals surface area (Å²) in [4.78, 5) is 0. The van der Waals surface area contributed by atoms with Crippen LogP contribution in [0.1, 0.15) is 53.4 Å². The number of nitrogens with one attached hydrogen (secondary N) is 2. The van der Waals surface area contributed by atoms with Gasteiger partial charge in [0.2, 0.25) is 0 Å². The summed E-state index contributed by atoms with van der Waals surface area (Å²) in [7, 11) is -3.38. The lowest BCUT2D eigenvalue weighted by Gasteiger charge is -2.36. The molecule has 1 saturated heterocycles. The maximum absolute atomic E-state index is 12.6. The van der Waals surface area contributed by atoms with E-state index in [4.69, 9.17) is 0 Å². The molecule has 0 bridgehead atoms. The van der Waals surface area contributed by atoms with Crippen LogP contribution >= 0.6 is 0 Å². The summed E-state index contributed by atoms with van der Waals surface area (Å²) in [6, 6.07) is 0.104. The lowest BCUT2D eigenvalue weighted by molar-refractivity contribution is 0.240. The van der Waals surface area contributed by atoms with Crippen LogP contribution in [0.3, 0.4) is 0 Å². The van der Waals surface area contributed by atoms with Gasteiger partial charge in [0.25, 0.3) is 10.2 Å². The highest BCUT2D eigenvalue weighted by molar-refractivity contribution is 7.87. The van der Waals surface area contributed by atoms with Crippen molar-refractivity contribution < 1.29 is 8.42 Å². The SMILES string of the molecule is CCNCC1CCCCN1S(=O)(=O)NC(CC)C(C)C. The van der Waals surface area contributed by atoms with Gasteiger partial charge in [0.1, 0.15) is 0 Å². The van der Waals surface area contributed by atoms with Gasteiger partial charge in [0, 0.05) is 25.2 Å². The third-order valence-electron chi connectivity index (χ3n) is 4.06. The minimum Gasteiger partial charge on any atom is -0.315 e. The Morgan fingerprint density at radius 2 is 1.95 bits per heavy atom. The van der Waals surface area contributed by atoms with Crippen molar-refractivity contribution in [2.45, 2.75) is 65.5 Å². The Hall–Kier alpha value is -0.170. The first-order chi connectivity index (χ1) is 9.42. The van der Waals surface area contributed by atoms with Crippen molar-refractivity contribution in [2.24, 2.45) is 5.92 Å². The van der Waals surface area contributed by atoms with E-state index in [9.17, 15) is 8.42 Å². The first-order valence-corrected chi connectivity index (χ1v) is 9.36. The minimum atomic E-state index is -3.38. The van der Waals surface area contributed by atoms with Gasteiger partial charge in [-0.2, -0.15) is 17.4 Å². The second-order valence-corrected chi connectivity index (χ2v) is 7.60. The molecular formula is C14H31N3O2S. The van der Waals surface area contributed by atoms with E-state index >= 15 is 0 Å². The van der Waals surface area contributed by atoms with Crippen LogP contribution in [0.25, 0.3) is 0 Å². The Morgan fingerprint density at radius 1 is 1.25 bits per heavy atom. The Balaban J connectivity index is 2.76. The van der Waals surface area contributed by atoms with Gasteiger partial charge in [0.15, 0.2) is 0 Å². The molecule has 20 heavy (non-hydrogen) atoms. The smallest absolute Gasteiger partial charge is 0.280 e. The molecule has 5 nitrogen and oxygen atoms in total. The molecule has 0 spiro atoms. The standard InChI is InChI=1S/C14H31N3O2S/c1-5-14(12(3)4)16-20(18,19)17-10-8-7-9-13(17)11-15-6-2/h12-16H,5-11H2,1-4H3. The largest absolute Gasteiger partial charge is 0.315 e. The summed E-state index contributed by atoms with van der Waals surface area (Å²) >= 11 is 0. The fraction of sp³-hybridized carbons (Fsp3) is 1.00. The van der Waals surface area contributed by atoms with Crippen molar-refractivity contribution in [3.05, 3.63) is 0 Å². The maximum Gasteiger partial charge on any atom is 0.280 e. The highest BCUT2D eigenvalue weighted by Gasteiger charge is 2.33. The van der Waals surface area contributed by atoms with E-state index in [1.165, 1.54) is 0 Å². The fourth-order valence-electron chi connectivity index (χ4n) is 2.76. The molecule has 6 heteroatoms. The molecule has 2 N–H and O–H groups in total. The number of nitrogens with zero attached hydrogens (tertiary/aromatic N) is 1. The number of rotatable bonds is 8. The molecule has 0 aliphatic carbocycles. The van der Waals surface area contributed by atoms with Crippen LogP contribution in [0, 0.1) is 5.92 Å². The molecule has 0 radical (unpaired) electrons. The molecule has 2 unspecified atom stereocenters. The van der Waals surface area contributed by atoms with Gasteiger partial charge < -0.3 is 5.32 Å². The third-order valence-corrected chi connectivity index (χ3v) is 5.76. The summed E-state index contributed by atoms with van der Waals surface area (Å²) in [6.07, 6.45) is 3.85. The summed E-state index contributed by atoms with van der Waals surface area (Å²) < 4.78 is 29.8. The van der Waals surface area contributed by atoms with Gasteiger partial charge in [-0.3, -0.25) is 0 Å². The first-order valence-electron chi connectivity index (χ1n) is 7.92. The number of likely N-dealkylation sites (N-methyl/N-ethyl adjacent to an activating group) is 1. The normalized spacial score (nSPS) is 23.1. The van der Waals surface area contributed by atoms with E-state index < -0.39 is 10.2 Å². The van der Waals surface area contributed by atoms with E-state index in [0.29, 0.717) is 12.5 Å². The van der Waals surface area contributed by atoms with Crippen LogP contribution < -0.4 is 10.0 Å². The summed E-state index contributed by atoms with van der Waals surface area (Å²) in [6.45, 7) is 10.5. The van der Waals surface area contributed by atoms with Gasteiger partial charge in [-0.1, -0.05) is 34.1 Å². The lowest BCUT2D eigenvalue weighted by atomic mass is 10.0. The zero-order valence-corrected chi connectivity index (χ0v) is 14.2. The molecule has 1 heterocycles. The molecule has 2 atom stereocenters. The van der Waals surface area contributed by atoms with Crippen LogP contribution in [-0.4, -0.2) is 44.4 Å². The predicted octanol–water partition coefficient (Wildman–Crippen LogP) is 1.72. The molecule has 1 fully saturated rings. The molecular weight excluding hydrogens is 274 g/mol. The quantitative estimate of drug-likeness (QED) is 0.718. The number of piperidine rings is 1. The van der Waals surface area contributed by atoms with Crippen LogP contribution in [-0.2, 0) is 10.2 Å². The van der Waals surface area contributed by atoms with Gasteiger partial charge in [-0.05, 0) is 31.7 Å². The fourth-order valence-corrected chi connectivity index (χ4v) is 4.65. The van der Waals surface area contributed by atoms with Crippen LogP contribution in [0.2, 0.25) is 0 Å². The highest BCUT2D eigenvalue weighted by atomic mass is 32.2. The topological polar surface area (TPSA) is 61.4 Å². The Labute approximate surface area is 124 Å². The van der Waals surface area contributed by atoms with Crippen molar-refractivity contribution in [3.8, 4) is 0 Å². The van der Waals surface area contributed by atoms with Gasteiger partial charge >= 0.3 is 0 Å². The maximum atomic E-state index is 12.6. The third kappa shape index (κ3) is 4.98. The second kappa shape index (κ2) is 8.32. The Bertz CT molecular complexity index is 371. The molecule has 0 aromatic heterocycles. The number of hydrogen-bond acceptors (Lipinski definition) is 3. The monoisotopic (exact) mass is 305 g/mol. The van der Waals surface area contributed by atoms with Gasteiger partial charge in [-0.15, -0.1) is 0 Å². The molecule has 1 rings (SSSR count). The summed E-state index contributed by atoms with van der Waals surface area (Å²) in [5, 5.41) is 3.28. The van der Waals surface area contributed by atoms with Crippen molar-refractivity contribution in [1.82, 2.24) is 14.3 Å². The Kier molecular flexibility index (Phi) is 7.43. The summed E-state index contributed by atoms with van der Waals surface area (Å²) in [5.41, 5.74) is 0. The van der Waals surface area contributed by atoms with Crippen LogP contribution in [0.4, 0.5) is 0 Å². The van der Waals surface area contributed by atoms with Gasteiger partial charge in [0.05, 0.1) is 0 Å². The van der Waals surface area contributed by atoms with E-state index in [2.05, 4.69) is 23.9 Å². The van der Waals surface area contributed by atoms with Crippen LogP contribution in [0.5, 0.6) is 0 Å². The van der Waals surface area contributed by atoms with Crippen molar-refractivity contribution in [2.75, 3.05) is 19.6 Å². The molecule has 0 saturated carbocycles. The van der Waals surface area contributed by atoms with E-state index in [1.54, 1.807) is 4.31 Å². The molecule has 0 aromatic rings. The lowest BCUT2D eigenvalue weighted by Crippen LogP contribution is -2.54. The van der Waals surface area contributed by atoms with Crippen molar-refractivity contribution in [3.63, 3.8) is 0 Å². The van der Waals surface area contributed by atoms with Crippen molar-refractivity contribution in [1.29, 1.82) is 0 Å². The molecule has 1 aliphatic rings. The average Bonchev–Trinajstić information content (AvgIpc) is 2.42. The van der Waals surface area contributed by atoms with E-state index in [1.807, 2.05) is 13.8 Å². The van der Waals surface area contributed by atoms with Gasteiger partial charge in [-0.25, -0.2) is 0 Å². The van der Waals surface area contributed by atoms with Crippen molar-refractivity contribution >= 4 is 10.2 Å². The predicted molar refractivity (Wildman–Crippen MR) is 83.9 cm³/mol. The second-order valence-electron chi connectivity index (χ2n) is 5.95. The van der Waals surface area contributed by atoms with Crippen LogP contribution in [0.15, 0.2) is 0 Å². The highest BCUT2D eigenvalue weighted by Crippen LogP contribution is 2.20. The Morgan fingerprint density at radius 3 is 2.50 bits per heavy atom. The zero-order valence-electron chi connectivity index (χ0n) is 13.4. The first kappa shape index (κ1) is 17.9. The zero-order chi connectivity index (χ0) is 15.2. The number of hydrogen-bond donors (Lipinski definition) is 2. The average molecular weight is 305 g/mol. The summed E-state index contributed by atoms with van der Waals surface area (Å²) in [5.74, 6) is 0.312. The minimum absolute atomic E-state index is 0.0155. The molecule has 0 amide bonds. The van der Waals surface area contributed by atoms with E-state index in [0.717, 1.165) is 38.8 Å².